The lowest BCUT2D eigenvalue weighted by Gasteiger charge is -2.20. The molecule has 5 nitrogen and oxygen atoms in total. The Hall–Kier alpha value is -1.36. The van der Waals surface area contributed by atoms with Gasteiger partial charge in [-0.25, -0.2) is 0 Å². The van der Waals surface area contributed by atoms with Crippen molar-refractivity contribution in [3.63, 3.8) is 0 Å². The number of nitrogens with zero attached hydrogens (tertiary/aromatic N) is 3. The molecule has 1 heterocycles. The Kier molecular flexibility index (Phi) is 4.06. The molecule has 0 aliphatic carbocycles. The molecule has 1 atom stereocenters. The minimum absolute atomic E-state index is 0.00546. The molecule has 0 radical (unpaired) electrons. The molecule has 90 valence electrons. The standard InChI is InChI=1S/C11H20N4O/c1-8(5-12)7-14(3)11(16)10-6-13-15(4)9(10)2/h6,8H,5,7,12H2,1-4H3. The predicted molar refractivity (Wildman–Crippen MR) is 63.1 cm³/mol. The van der Waals surface area contributed by atoms with Crippen molar-refractivity contribution in [1.82, 2.24) is 14.7 Å². The average molecular weight is 224 g/mol. The fourth-order valence-corrected chi connectivity index (χ4v) is 1.54. The molecule has 1 unspecified atom stereocenters. The smallest absolute Gasteiger partial charge is 0.257 e. The van der Waals surface area contributed by atoms with Crippen LogP contribution in [0.1, 0.15) is 23.0 Å². The van der Waals surface area contributed by atoms with Crippen LogP contribution in [0, 0.1) is 12.8 Å². The first-order valence-electron chi connectivity index (χ1n) is 5.41. The SMILES string of the molecule is Cc1c(C(=O)N(C)CC(C)CN)cnn1C. The maximum atomic E-state index is 12.1. The molecule has 0 bridgehead atoms. The van der Waals surface area contributed by atoms with E-state index in [4.69, 9.17) is 5.73 Å². The van der Waals surface area contributed by atoms with Crippen LogP contribution < -0.4 is 5.73 Å². The van der Waals surface area contributed by atoms with E-state index < -0.39 is 0 Å². The second-order valence-electron chi connectivity index (χ2n) is 4.29. The summed E-state index contributed by atoms with van der Waals surface area (Å²) >= 11 is 0. The minimum Gasteiger partial charge on any atom is -0.341 e. The van der Waals surface area contributed by atoms with Gasteiger partial charge in [0.05, 0.1) is 11.8 Å². The van der Waals surface area contributed by atoms with Gasteiger partial charge in [-0.05, 0) is 19.4 Å². The molecule has 0 fully saturated rings. The molecular formula is C11H20N4O. The predicted octanol–water partition coefficient (Wildman–Crippen LogP) is 0.395. The van der Waals surface area contributed by atoms with Gasteiger partial charge in [0, 0.05) is 26.3 Å². The average Bonchev–Trinajstić information content (AvgIpc) is 2.58. The molecule has 0 aromatic carbocycles. The number of nitrogens with two attached hydrogens (primary N) is 1. The Bertz CT molecular complexity index is 372. The Labute approximate surface area is 96.2 Å². The van der Waals surface area contributed by atoms with Crippen LogP contribution in [0.3, 0.4) is 0 Å². The number of hydrogen-bond acceptors (Lipinski definition) is 3. The summed E-state index contributed by atoms with van der Waals surface area (Å²) < 4.78 is 1.70. The molecule has 1 rings (SSSR count). The van der Waals surface area contributed by atoms with Crippen molar-refractivity contribution in [2.24, 2.45) is 18.7 Å². The summed E-state index contributed by atoms with van der Waals surface area (Å²) in [5.41, 5.74) is 7.09. The van der Waals surface area contributed by atoms with Gasteiger partial charge in [-0.1, -0.05) is 6.92 Å². The molecule has 2 N–H and O–H groups in total. The number of rotatable bonds is 4. The maximum absolute atomic E-state index is 12.1. The Morgan fingerprint density at radius 3 is 2.75 bits per heavy atom. The number of aromatic nitrogens is 2. The van der Waals surface area contributed by atoms with Crippen LogP contribution in [0.4, 0.5) is 0 Å². The first kappa shape index (κ1) is 12.7. The van der Waals surface area contributed by atoms with Gasteiger partial charge in [0.2, 0.25) is 0 Å². The molecular weight excluding hydrogens is 204 g/mol. The van der Waals surface area contributed by atoms with Gasteiger partial charge < -0.3 is 10.6 Å². The zero-order chi connectivity index (χ0) is 12.3. The zero-order valence-corrected chi connectivity index (χ0v) is 10.4. The highest BCUT2D eigenvalue weighted by atomic mass is 16.2. The van der Waals surface area contributed by atoms with Gasteiger partial charge in [0.25, 0.3) is 5.91 Å². The quantitative estimate of drug-likeness (QED) is 0.805. The van der Waals surface area contributed by atoms with Crippen LogP contribution in [-0.4, -0.2) is 40.7 Å². The first-order valence-corrected chi connectivity index (χ1v) is 5.41. The highest BCUT2D eigenvalue weighted by Gasteiger charge is 2.18. The largest absolute Gasteiger partial charge is 0.341 e. The summed E-state index contributed by atoms with van der Waals surface area (Å²) in [5, 5.41) is 4.06. The lowest BCUT2D eigenvalue weighted by Crippen LogP contribution is -2.33. The summed E-state index contributed by atoms with van der Waals surface area (Å²) in [4.78, 5) is 13.8. The van der Waals surface area contributed by atoms with E-state index in [0.29, 0.717) is 24.6 Å². The second-order valence-corrected chi connectivity index (χ2v) is 4.29. The molecule has 16 heavy (non-hydrogen) atoms. The topological polar surface area (TPSA) is 64.2 Å². The molecule has 1 amide bonds. The van der Waals surface area contributed by atoms with Crippen molar-refractivity contribution >= 4 is 5.91 Å². The number of carbonyl (C=O) groups excluding carboxylic acids is 1. The molecule has 1 aromatic heterocycles. The van der Waals surface area contributed by atoms with Crippen LogP contribution in [-0.2, 0) is 7.05 Å². The first-order chi connectivity index (χ1) is 7.47. The third-order valence-electron chi connectivity index (χ3n) is 2.80. The molecule has 0 spiro atoms. The maximum Gasteiger partial charge on any atom is 0.257 e. The van der Waals surface area contributed by atoms with Gasteiger partial charge in [-0.2, -0.15) is 5.10 Å². The Morgan fingerprint density at radius 2 is 2.31 bits per heavy atom. The Balaban J connectivity index is 2.74. The van der Waals surface area contributed by atoms with E-state index in [2.05, 4.69) is 5.10 Å². The monoisotopic (exact) mass is 224 g/mol. The molecule has 0 saturated carbocycles. The van der Waals surface area contributed by atoms with Crippen LogP contribution in [0.15, 0.2) is 6.20 Å². The van der Waals surface area contributed by atoms with Crippen molar-refractivity contribution in [2.75, 3.05) is 20.1 Å². The number of hydrogen-bond donors (Lipinski definition) is 1. The normalized spacial score (nSPS) is 12.6. The number of carbonyl (C=O) groups is 1. The lowest BCUT2D eigenvalue weighted by molar-refractivity contribution is 0.0776. The van der Waals surface area contributed by atoms with E-state index in [9.17, 15) is 4.79 Å². The van der Waals surface area contributed by atoms with E-state index in [0.717, 1.165) is 5.69 Å². The van der Waals surface area contributed by atoms with Gasteiger partial charge >= 0.3 is 0 Å². The molecule has 1 aromatic rings. The van der Waals surface area contributed by atoms with Gasteiger partial charge in [-0.15, -0.1) is 0 Å². The van der Waals surface area contributed by atoms with Crippen molar-refractivity contribution < 1.29 is 4.79 Å². The fraction of sp³-hybridized carbons (Fsp3) is 0.636. The highest BCUT2D eigenvalue weighted by Crippen LogP contribution is 2.09. The van der Waals surface area contributed by atoms with E-state index in [1.54, 1.807) is 22.8 Å². The van der Waals surface area contributed by atoms with E-state index in [1.807, 2.05) is 20.9 Å². The van der Waals surface area contributed by atoms with E-state index in [1.165, 1.54) is 0 Å². The third-order valence-corrected chi connectivity index (χ3v) is 2.80. The van der Waals surface area contributed by atoms with Crippen molar-refractivity contribution in [3.8, 4) is 0 Å². The van der Waals surface area contributed by atoms with E-state index in [-0.39, 0.29) is 5.91 Å². The molecule has 5 heteroatoms. The fourth-order valence-electron chi connectivity index (χ4n) is 1.54. The summed E-state index contributed by atoms with van der Waals surface area (Å²) in [6.07, 6.45) is 1.61. The summed E-state index contributed by atoms with van der Waals surface area (Å²) in [6, 6.07) is 0. The summed E-state index contributed by atoms with van der Waals surface area (Å²) in [6.45, 7) is 5.17. The number of amides is 1. The highest BCUT2D eigenvalue weighted by molar-refractivity contribution is 5.94. The van der Waals surface area contributed by atoms with Gasteiger partial charge in [0.15, 0.2) is 0 Å². The van der Waals surface area contributed by atoms with Crippen molar-refractivity contribution in [3.05, 3.63) is 17.5 Å². The summed E-state index contributed by atoms with van der Waals surface area (Å²) in [5.74, 6) is 0.317. The third kappa shape index (κ3) is 2.61. The van der Waals surface area contributed by atoms with Gasteiger partial charge in [-0.3, -0.25) is 9.48 Å². The van der Waals surface area contributed by atoms with E-state index >= 15 is 0 Å². The summed E-state index contributed by atoms with van der Waals surface area (Å²) in [7, 11) is 3.62. The molecule has 0 aliphatic heterocycles. The molecule has 0 aliphatic rings. The lowest BCUT2D eigenvalue weighted by atomic mass is 10.1. The van der Waals surface area contributed by atoms with Crippen molar-refractivity contribution in [2.45, 2.75) is 13.8 Å². The number of aryl methyl sites for hydroxylation is 1. The van der Waals surface area contributed by atoms with Crippen LogP contribution in [0.5, 0.6) is 0 Å². The van der Waals surface area contributed by atoms with Crippen molar-refractivity contribution in [1.29, 1.82) is 0 Å². The van der Waals surface area contributed by atoms with Gasteiger partial charge in [0.1, 0.15) is 0 Å². The van der Waals surface area contributed by atoms with Crippen LogP contribution >= 0.6 is 0 Å². The minimum atomic E-state index is 0.00546. The zero-order valence-electron chi connectivity index (χ0n) is 10.4. The Morgan fingerprint density at radius 1 is 1.69 bits per heavy atom. The second kappa shape index (κ2) is 5.12. The van der Waals surface area contributed by atoms with Crippen LogP contribution in [0.2, 0.25) is 0 Å². The van der Waals surface area contributed by atoms with Crippen LogP contribution in [0.25, 0.3) is 0 Å². The molecule has 0 saturated heterocycles.